The molecule has 0 saturated heterocycles. The van der Waals surface area contributed by atoms with Gasteiger partial charge in [0, 0.05) is 24.6 Å². The number of rotatable bonds is 9. The van der Waals surface area contributed by atoms with Gasteiger partial charge in [-0.15, -0.1) is 0 Å². The third-order valence-corrected chi connectivity index (χ3v) is 5.19. The quantitative estimate of drug-likeness (QED) is 0.374. The Morgan fingerprint density at radius 3 is 2.47 bits per heavy atom. The molecule has 3 rings (SSSR count). The fourth-order valence-electron chi connectivity index (χ4n) is 3.38. The summed E-state index contributed by atoms with van der Waals surface area (Å²) in [5, 5.41) is 5.41. The van der Waals surface area contributed by atoms with Crippen molar-refractivity contribution in [3.05, 3.63) is 41.4 Å². The van der Waals surface area contributed by atoms with Crippen molar-refractivity contribution >= 4 is 22.7 Å². The predicted octanol–water partition coefficient (Wildman–Crippen LogP) is 2.82. The molecule has 2 heterocycles. The summed E-state index contributed by atoms with van der Waals surface area (Å²) in [6, 6.07) is 3.36. The van der Waals surface area contributed by atoms with Crippen LogP contribution in [0.4, 0.5) is 13.2 Å². The van der Waals surface area contributed by atoms with E-state index in [-0.39, 0.29) is 46.1 Å². The first-order valence-corrected chi connectivity index (χ1v) is 10.9. The monoisotopic (exact) mass is 509 g/mol. The van der Waals surface area contributed by atoms with Crippen LogP contribution < -0.4 is 21.1 Å². The van der Waals surface area contributed by atoms with Crippen molar-refractivity contribution < 1.29 is 36.7 Å². The molecular weight excluding hydrogens is 483 g/mol. The van der Waals surface area contributed by atoms with E-state index in [1.54, 1.807) is 6.92 Å². The van der Waals surface area contributed by atoms with Crippen molar-refractivity contribution in [2.75, 3.05) is 27.4 Å². The van der Waals surface area contributed by atoms with E-state index in [1.807, 2.05) is 0 Å². The highest BCUT2D eigenvalue weighted by Crippen LogP contribution is 2.37. The van der Waals surface area contributed by atoms with Crippen LogP contribution in [0, 0.1) is 0 Å². The minimum atomic E-state index is -4.65. The first-order chi connectivity index (χ1) is 17.0. The second-order valence-corrected chi connectivity index (χ2v) is 7.91. The van der Waals surface area contributed by atoms with Gasteiger partial charge in [0.05, 0.1) is 19.8 Å². The van der Waals surface area contributed by atoms with Gasteiger partial charge in [0.2, 0.25) is 11.8 Å². The zero-order valence-corrected chi connectivity index (χ0v) is 20.0. The number of ether oxygens (including phenoxy) is 2. The second-order valence-electron chi connectivity index (χ2n) is 7.91. The van der Waals surface area contributed by atoms with E-state index in [0.29, 0.717) is 6.61 Å². The molecule has 2 aromatic heterocycles. The molecule has 1 aromatic carbocycles. The van der Waals surface area contributed by atoms with Crippen LogP contribution in [0.15, 0.2) is 28.7 Å². The highest BCUT2D eigenvalue weighted by Gasteiger charge is 2.33. The van der Waals surface area contributed by atoms with E-state index in [9.17, 15) is 22.8 Å². The number of carbonyl (C=O) groups is 2. The molecular formula is C23H26F3N5O5. The molecule has 0 radical (unpaired) electrons. The van der Waals surface area contributed by atoms with Crippen LogP contribution in [-0.2, 0) is 15.7 Å². The number of pyridine rings is 1. The number of hydrogen-bond acceptors (Lipinski definition) is 8. The number of benzene rings is 1. The number of carbonyl (C=O) groups excluding carboxylic acids is 2. The lowest BCUT2D eigenvalue weighted by Crippen LogP contribution is -2.45. The van der Waals surface area contributed by atoms with Crippen LogP contribution in [-0.4, -0.2) is 55.2 Å². The van der Waals surface area contributed by atoms with Crippen molar-refractivity contribution in [3.8, 4) is 17.2 Å². The van der Waals surface area contributed by atoms with Gasteiger partial charge in [-0.1, -0.05) is 0 Å². The third kappa shape index (κ3) is 5.74. The Balaban J connectivity index is 2.00. The Morgan fingerprint density at radius 1 is 1.14 bits per heavy atom. The molecule has 2 atom stereocenters. The van der Waals surface area contributed by atoms with Gasteiger partial charge >= 0.3 is 6.18 Å². The zero-order valence-electron chi connectivity index (χ0n) is 20.0. The lowest BCUT2D eigenvalue weighted by molar-refractivity contribution is -0.141. The van der Waals surface area contributed by atoms with Gasteiger partial charge < -0.3 is 30.3 Å². The molecule has 0 bridgehead atoms. The molecule has 4 N–H and O–H groups in total. The highest BCUT2D eigenvalue weighted by molar-refractivity contribution is 5.99. The van der Waals surface area contributed by atoms with E-state index < -0.39 is 35.8 Å². The van der Waals surface area contributed by atoms with Gasteiger partial charge in [-0.3, -0.25) is 9.59 Å². The Bertz CT molecular complexity index is 1260. The van der Waals surface area contributed by atoms with Crippen LogP contribution in [0.1, 0.15) is 41.8 Å². The van der Waals surface area contributed by atoms with Gasteiger partial charge in [0.25, 0.3) is 5.91 Å². The number of nitrogens with zero attached hydrogens (tertiary/aromatic N) is 2. The number of halogens is 3. The fourth-order valence-corrected chi connectivity index (χ4v) is 3.38. The van der Waals surface area contributed by atoms with Crippen molar-refractivity contribution in [2.24, 2.45) is 5.73 Å². The molecule has 0 aliphatic carbocycles. The highest BCUT2D eigenvalue weighted by atomic mass is 19.4. The SMILES string of the molecule is COCCNC(=O)[C@@H](C)NC(=O)c1nc(-c2ccc(OC)c3nc(C(F)(F)F)ccc23)oc1[C@H](C)N. The van der Waals surface area contributed by atoms with E-state index in [1.165, 1.54) is 39.3 Å². The summed E-state index contributed by atoms with van der Waals surface area (Å²) < 4.78 is 55.5. The Kier molecular flexibility index (Phi) is 8.15. The van der Waals surface area contributed by atoms with Gasteiger partial charge in [-0.05, 0) is 38.1 Å². The van der Waals surface area contributed by atoms with E-state index in [4.69, 9.17) is 19.6 Å². The molecule has 2 amide bonds. The first kappa shape index (κ1) is 26.9. The maximum atomic E-state index is 13.2. The standard InChI is InChI=1S/C23H26F3N5O5/c1-11(27)19-18(21(33)29-12(2)20(32)28-9-10-34-3)31-22(36-19)14-5-7-15(35-4)17-13(14)6-8-16(30-17)23(24,25)26/h5-8,11-12H,9-10,27H2,1-4H3,(H,28,32)(H,29,33)/t11-,12+/m0/s1. The van der Waals surface area contributed by atoms with Crippen molar-refractivity contribution in [3.63, 3.8) is 0 Å². The average Bonchev–Trinajstić information content (AvgIpc) is 3.28. The summed E-state index contributed by atoms with van der Waals surface area (Å²) in [5.41, 5.74) is 4.95. The van der Waals surface area contributed by atoms with E-state index in [2.05, 4.69) is 20.6 Å². The minimum absolute atomic E-state index is 0.0401. The lowest BCUT2D eigenvalue weighted by atomic mass is 10.1. The average molecular weight is 509 g/mol. The zero-order chi connectivity index (χ0) is 26.6. The molecule has 0 fully saturated rings. The number of nitrogens with two attached hydrogens (primary N) is 1. The van der Waals surface area contributed by atoms with Crippen LogP contribution >= 0.6 is 0 Å². The molecule has 3 aromatic rings. The van der Waals surface area contributed by atoms with Crippen LogP contribution in [0.3, 0.4) is 0 Å². The normalized spacial score (nSPS) is 13.3. The predicted molar refractivity (Wildman–Crippen MR) is 123 cm³/mol. The van der Waals surface area contributed by atoms with Gasteiger partial charge in [0.15, 0.2) is 11.5 Å². The van der Waals surface area contributed by atoms with Gasteiger partial charge in [-0.2, -0.15) is 13.2 Å². The third-order valence-electron chi connectivity index (χ3n) is 5.19. The Labute approximate surface area is 204 Å². The molecule has 194 valence electrons. The number of oxazole rings is 1. The topological polar surface area (TPSA) is 142 Å². The number of amides is 2. The van der Waals surface area contributed by atoms with E-state index in [0.717, 1.165) is 6.07 Å². The first-order valence-electron chi connectivity index (χ1n) is 10.9. The van der Waals surface area contributed by atoms with Crippen LogP contribution in [0.2, 0.25) is 0 Å². The Morgan fingerprint density at radius 2 is 1.86 bits per heavy atom. The summed E-state index contributed by atoms with van der Waals surface area (Å²) in [6.45, 7) is 3.64. The van der Waals surface area contributed by atoms with Crippen LogP contribution in [0.25, 0.3) is 22.4 Å². The number of nitrogens with one attached hydrogen (secondary N) is 2. The summed E-state index contributed by atoms with van der Waals surface area (Å²) in [6.07, 6.45) is -4.65. The number of methoxy groups -OCH3 is 2. The van der Waals surface area contributed by atoms with Gasteiger partial charge in [0.1, 0.15) is 23.0 Å². The van der Waals surface area contributed by atoms with Crippen molar-refractivity contribution in [1.82, 2.24) is 20.6 Å². The smallest absolute Gasteiger partial charge is 0.433 e. The number of hydrogen-bond donors (Lipinski definition) is 3. The van der Waals surface area contributed by atoms with Crippen LogP contribution in [0.5, 0.6) is 5.75 Å². The maximum Gasteiger partial charge on any atom is 0.433 e. The molecule has 0 saturated carbocycles. The number of aromatic nitrogens is 2. The molecule has 0 spiro atoms. The molecule has 13 heteroatoms. The van der Waals surface area contributed by atoms with Gasteiger partial charge in [-0.25, -0.2) is 9.97 Å². The number of fused-ring (bicyclic) bond motifs is 1. The molecule has 36 heavy (non-hydrogen) atoms. The Hall–Kier alpha value is -3.71. The minimum Gasteiger partial charge on any atom is -0.494 e. The lowest BCUT2D eigenvalue weighted by Gasteiger charge is -2.13. The van der Waals surface area contributed by atoms with E-state index >= 15 is 0 Å². The summed E-state index contributed by atoms with van der Waals surface area (Å²) >= 11 is 0. The molecule has 0 aliphatic heterocycles. The molecule has 0 unspecified atom stereocenters. The number of alkyl halides is 3. The molecule has 0 aliphatic rings. The van der Waals surface area contributed by atoms with Crippen molar-refractivity contribution in [1.29, 1.82) is 0 Å². The second kappa shape index (κ2) is 10.9. The van der Waals surface area contributed by atoms with Crippen molar-refractivity contribution in [2.45, 2.75) is 32.1 Å². The largest absolute Gasteiger partial charge is 0.494 e. The maximum absolute atomic E-state index is 13.2. The molecule has 10 nitrogen and oxygen atoms in total. The fraction of sp³-hybridized carbons (Fsp3) is 0.391. The summed E-state index contributed by atoms with van der Waals surface area (Å²) in [4.78, 5) is 33.1. The summed E-state index contributed by atoms with van der Waals surface area (Å²) in [5.74, 6) is -1.04. The summed E-state index contributed by atoms with van der Waals surface area (Å²) in [7, 11) is 2.80.